The molecule has 1 aliphatic heterocycles. The van der Waals surface area contributed by atoms with Crippen LogP contribution in [0.25, 0.3) is 11.0 Å². The van der Waals surface area contributed by atoms with Crippen molar-refractivity contribution in [1.29, 1.82) is 0 Å². The molecule has 0 radical (unpaired) electrons. The molecule has 0 N–H and O–H groups in total. The van der Waals surface area contributed by atoms with Crippen molar-refractivity contribution in [3.63, 3.8) is 0 Å². The molecule has 1 saturated heterocycles. The van der Waals surface area contributed by atoms with E-state index in [1.807, 2.05) is 16.8 Å². The fourth-order valence-electron chi connectivity index (χ4n) is 3.23. The summed E-state index contributed by atoms with van der Waals surface area (Å²) in [5.74, 6) is 0.962. The van der Waals surface area contributed by atoms with Crippen LogP contribution in [0.5, 0.6) is 0 Å². The lowest BCUT2D eigenvalue weighted by Crippen LogP contribution is -2.36. The zero-order valence-electron chi connectivity index (χ0n) is 12.3. The average Bonchev–Trinajstić information content (AvgIpc) is 2.90. The van der Waals surface area contributed by atoms with Crippen LogP contribution in [0.15, 0.2) is 24.3 Å². The number of likely N-dealkylation sites (tertiary alicyclic amines) is 1. The van der Waals surface area contributed by atoms with Crippen LogP contribution in [0.3, 0.4) is 0 Å². The van der Waals surface area contributed by atoms with Crippen molar-refractivity contribution in [2.45, 2.75) is 39.2 Å². The van der Waals surface area contributed by atoms with Gasteiger partial charge in [-0.3, -0.25) is 0 Å². The second-order valence-electron chi connectivity index (χ2n) is 5.87. The summed E-state index contributed by atoms with van der Waals surface area (Å²) >= 11 is 0. The molecule has 108 valence electrons. The number of rotatable bonds is 5. The van der Waals surface area contributed by atoms with E-state index in [4.69, 9.17) is 0 Å². The average molecular weight is 272 g/mol. The second-order valence-corrected chi connectivity index (χ2v) is 5.87. The van der Waals surface area contributed by atoms with Gasteiger partial charge in [0, 0.05) is 6.54 Å². The molecule has 0 aliphatic carbocycles. The van der Waals surface area contributed by atoms with Gasteiger partial charge >= 0.3 is 0 Å². The van der Waals surface area contributed by atoms with Crippen molar-refractivity contribution in [2.75, 3.05) is 19.6 Å². The zero-order valence-corrected chi connectivity index (χ0v) is 12.3. The van der Waals surface area contributed by atoms with E-state index in [0.717, 1.165) is 30.0 Å². The molecule has 0 saturated carbocycles. The molecule has 1 aliphatic rings. The summed E-state index contributed by atoms with van der Waals surface area (Å²) in [5.41, 5.74) is 2.14. The van der Waals surface area contributed by atoms with Gasteiger partial charge in [-0.15, -0.1) is 5.10 Å². The van der Waals surface area contributed by atoms with E-state index < -0.39 is 0 Å². The third-order valence-electron chi connectivity index (χ3n) is 4.45. The number of piperidine rings is 1. The van der Waals surface area contributed by atoms with Gasteiger partial charge in [-0.2, -0.15) is 0 Å². The fraction of sp³-hybridized carbons (Fsp3) is 0.625. The number of para-hydroxylation sites is 1. The highest BCUT2D eigenvalue weighted by atomic mass is 15.4. The lowest BCUT2D eigenvalue weighted by Gasteiger charge is -2.31. The standard InChI is InChI=1S/C16H24N4/c1-2-5-14-8-10-19(11-9-14)12-13-20-16-7-4-3-6-15(16)17-18-20/h3-4,6-7,14H,2,5,8-13H2,1H3. The van der Waals surface area contributed by atoms with Crippen LogP contribution in [0.2, 0.25) is 0 Å². The molecule has 3 rings (SSSR count). The molecule has 0 spiro atoms. The third-order valence-corrected chi connectivity index (χ3v) is 4.45. The number of hydrogen-bond acceptors (Lipinski definition) is 3. The Morgan fingerprint density at radius 3 is 2.75 bits per heavy atom. The van der Waals surface area contributed by atoms with E-state index in [1.165, 1.54) is 38.8 Å². The Hall–Kier alpha value is -1.42. The number of nitrogens with zero attached hydrogens (tertiary/aromatic N) is 4. The predicted molar refractivity (Wildman–Crippen MR) is 81.6 cm³/mol. The minimum absolute atomic E-state index is 0.943. The molecular formula is C16H24N4. The molecule has 0 atom stereocenters. The molecule has 0 unspecified atom stereocenters. The maximum Gasteiger partial charge on any atom is 0.113 e. The van der Waals surface area contributed by atoms with Crippen molar-refractivity contribution in [1.82, 2.24) is 19.9 Å². The van der Waals surface area contributed by atoms with E-state index >= 15 is 0 Å². The first-order chi connectivity index (χ1) is 9.86. The summed E-state index contributed by atoms with van der Waals surface area (Å²) in [6, 6.07) is 8.19. The molecule has 20 heavy (non-hydrogen) atoms. The second kappa shape index (κ2) is 6.35. The first-order valence-corrected chi connectivity index (χ1v) is 7.87. The lowest BCUT2D eigenvalue weighted by atomic mass is 9.92. The summed E-state index contributed by atoms with van der Waals surface area (Å²) in [5, 5.41) is 8.48. The van der Waals surface area contributed by atoms with Crippen LogP contribution in [-0.4, -0.2) is 39.5 Å². The van der Waals surface area contributed by atoms with Crippen molar-refractivity contribution >= 4 is 11.0 Å². The summed E-state index contributed by atoms with van der Waals surface area (Å²) in [6.07, 6.45) is 5.47. The van der Waals surface area contributed by atoms with Crippen LogP contribution in [0, 0.1) is 5.92 Å². The Morgan fingerprint density at radius 2 is 1.95 bits per heavy atom. The number of fused-ring (bicyclic) bond motifs is 1. The molecular weight excluding hydrogens is 248 g/mol. The van der Waals surface area contributed by atoms with Crippen molar-refractivity contribution < 1.29 is 0 Å². The summed E-state index contributed by atoms with van der Waals surface area (Å²) in [4.78, 5) is 2.57. The minimum atomic E-state index is 0.943. The topological polar surface area (TPSA) is 34.0 Å². The highest BCUT2D eigenvalue weighted by Gasteiger charge is 2.18. The van der Waals surface area contributed by atoms with Gasteiger partial charge in [0.25, 0.3) is 0 Å². The van der Waals surface area contributed by atoms with Gasteiger partial charge in [0.15, 0.2) is 0 Å². The molecule has 2 heterocycles. The van der Waals surface area contributed by atoms with Crippen molar-refractivity contribution in [3.05, 3.63) is 24.3 Å². The van der Waals surface area contributed by atoms with Crippen LogP contribution >= 0.6 is 0 Å². The molecule has 0 bridgehead atoms. The minimum Gasteiger partial charge on any atom is -0.301 e. The van der Waals surface area contributed by atoms with Gasteiger partial charge in [-0.25, -0.2) is 4.68 Å². The molecule has 1 aromatic carbocycles. The van der Waals surface area contributed by atoms with Gasteiger partial charge in [-0.1, -0.05) is 37.1 Å². The van der Waals surface area contributed by atoms with Crippen LogP contribution < -0.4 is 0 Å². The third kappa shape index (κ3) is 3.01. The summed E-state index contributed by atoms with van der Waals surface area (Å²) in [6.45, 7) is 6.82. The van der Waals surface area contributed by atoms with Crippen LogP contribution in [0.4, 0.5) is 0 Å². The van der Waals surface area contributed by atoms with E-state index in [9.17, 15) is 0 Å². The molecule has 1 fully saturated rings. The molecule has 0 amide bonds. The molecule has 1 aromatic heterocycles. The van der Waals surface area contributed by atoms with E-state index in [-0.39, 0.29) is 0 Å². The molecule has 2 aromatic rings. The van der Waals surface area contributed by atoms with Crippen molar-refractivity contribution in [2.24, 2.45) is 5.92 Å². The van der Waals surface area contributed by atoms with Gasteiger partial charge in [0.1, 0.15) is 5.52 Å². The zero-order chi connectivity index (χ0) is 13.8. The Labute approximate surface area is 120 Å². The van der Waals surface area contributed by atoms with Gasteiger partial charge in [-0.05, 0) is 44.0 Å². The fourth-order valence-corrected chi connectivity index (χ4v) is 3.23. The smallest absolute Gasteiger partial charge is 0.113 e. The van der Waals surface area contributed by atoms with Crippen molar-refractivity contribution in [3.8, 4) is 0 Å². The largest absolute Gasteiger partial charge is 0.301 e. The van der Waals surface area contributed by atoms with Crippen LogP contribution in [-0.2, 0) is 6.54 Å². The SMILES string of the molecule is CCCC1CCN(CCn2nnc3ccccc32)CC1. The van der Waals surface area contributed by atoms with Gasteiger partial charge in [0.2, 0.25) is 0 Å². The number of aromatic nitrogens is 3. The van der Waals surface area contributed by atoms with Crippen LogP contribution in [0.1, 0.15) is 32.6 Å². The molecule has 4 heteroatoms. The molecule has 4 nitrogen and oxygen atoms in total. The summed E-state index contributed by atoms with van der Waals surface area (Å²) < 4.78 is 2.04. The first kappa shape index (κ1) is 13.6. The number of hydrogen-bond donors (Lipinski definition) is 0. The normalized spacial score (nSPS) is 17.9. The first-order valence-electron chi connectivity index (χ1n) is 7.87. The van der Waals surface area contributed by atoms with E-state index in [0.29, 0.717) is 0 Å². The van der Waals surface area contributed by atoms with Gasteiger partial charge < -0.3 is 4.90 Å². The summed E-state index contributed by atoms with van der Waals surface area (Å²) in [7, 11) is 0. The lowest BCUT2D eigenvalue weighted by molar-refractivity contribution is 0.172. The highest BCUT2D eigenvalue weighted by molar-refractivity contribution is 5.73. The Kier molecular flexibility index (Phi) is 4.31. The van der Waals surface area contributed by atoms with E-state index in [1.54, 1.807) is 0 Å². The maximum atomic E-state index is 4.26. The Morgan fingerprint density at radius 1 is 1.15 bits per heavy atom. The monoisotopic (exact) mass is 272 g/mol. The van der Waals surface area contributed by atoms with Gasteiger partial charge in [0.05, 0.1) is 12.1 Å². The highest BCUT2D eigenvalue weighted by Crippen LogP contribution is 2.21. The Balaban J connectivity index is 1.53. The quantitative estimate of drug-likeness (QED) is 0.839. The Bertz CT molecular complexity index is 540. The van der Waals surface area contributed by atoms with E-state index in [2.05, 4.69) is 34.3 Å². The number of benzene rings is 1. The predicted octanol–water partition coefficient (Wildman–Crippen LogP) is 2.94. The maximum absolute atomic E-state index is 4.26.